The third-order valence-corrected chi connectivity index (χ3v) is 4.82. The molecule has 2 unspecified atom stereocenters. The highest BCUT2D eigenvalue weighted by Gasteiger charge is 2.27. The van der Waals surface area contributed by atoms with Crippen LogP contribution in [0.5, 0.6) is 0 Å². The molecule has 0 rings (SSSR count). The van der Waals surface area contributed by atoms with Gasteiger partial charge in [-0.1, -0.05) is 109 Å². The molecule has 0 fully saturated rings. The molecule has 0 aromatic rings. The van der Waals surface area contributed by atoms with Crippen LogP contribution in [0, 0.1) is 11.3 Å². The Bertz CT molecular complexity index is 563. The topological polar surface area (TPSA) is 0 Å². The van der Waals surface area contributed by atoms with Crippen LogP contribution in [-0.2, 0) is 0 Å². The lowest BCUT2D eigenvalue weighted by atomic mass is 9.72. The zero-order valence-electron chi connectivity index (χ0n) is 16.0. The fourth-order valence-electron chi connectivity index (χ4n) is 2.62. The summed E-state index contributed by atoms with van der Waals surface area (Å²) < 4.78 is 0. The summed E-state index contributed by atoms with van der Waals surface area (Å²) in [6, 6.07) is 0. The highest BCUT2D eigenvalue weighted by molar-refractivity contribution is 5.43. The van der Waals surface area contributed by atoms with Crippen molar-refractivity contribution in [2.24, 2.45) is 11.3 Å². The van der Waals surface area contributed by atoms with Crippen molar-refractivity contribution in [1.29, 1.82) is 0 Å². The highest BCUT2D eigenvalue weighted by Crippen LogP contribution is 2.40. The minimum absolute atomic E-state index is 0.132. The van der Waals surface area contributed by atoms with Gasteiger partial charge in [0.05, 0.1) is 0 Å². The molecule has 24 heavy (non-hydrogen) atoms. The highest BCUT2D eigenvalue weighted by atomic mass is 14.3. The fourth-order valence-corrected chi connectivity index (χ4v) is 2.62. The lowest BCUT2D eigenvalue weighted by Gasteiger charge is -2.31. The van der Waals surface area contributed by atoms with Crippen LogP contribution in [0.1, 0.15) is 40.5 Å². The largest absolute Gasteiger partial charge is 0.0991 e. The van der Waals surface area contributed by atoms with Gasteiger partial charge in [0.25, 0.3) is 0 Å². The summed E-state index contributed by atoms with van der Waals surface area (Å²) in [5, 5.41) is 0. The average Bonchev–Trinajstić information content (AvgIpc) is 2.61. The van der Waals surface area contributed by atoms with Crippen molar-refractivity contribution in [3.8, 4) is 0 Å². The van der Waals surface area contributed by atoms with E-state index in [-0.39, 0.29) is 5.41 Å². The van der Waals surface area contributed by atoms with Crippen LogP contribution in [0.2, 0.25) is 0 Å². The molecule has 2 atom stereocenters. The molecule has 0 aliphatic rings. The van der Waals surface area contributed by atoms with Gasteiger partial charge >= 0.3 is 0 Å². The molecular weight excluding hydrogens is 288 g/mol. The molecule has 130 valence electrons. The zero-order valence-corrected chi connectivity index (χ0v) is 16.0. The van der Waals surface area contributed by atoms with Gasteiger partial charge in [0.15, 0.2) is 0 Å². The van der Waals surface area contributed by atoms with Crippen molar-refractivity contribution in [3.05, 3.63) is 97.7 Å². The first-order chi connectivity index (χ1) is 11.4. The summed E-state index contributed by atoms with van der Waals surface area (Å²) in [6.07, 6.45) is 20.0. The molecule has 0 spiro atoms. The Hall–Kier alpha value is -2.08. The normalized spacial score (nSPS) is 17.2. The van der Waals surface area contributed by atoms with E-state index in [1.54, 1.807) is 6.08 Å². The van der Waals surface area contributed by atoms with E-state index in [0.717, 1.165) is 12.8 Å². The lowest BCUT2D eigenvalue weighted by molar-refractivity contribution is 0.483. The SMILES string of the molecule is C=C/C=C\C=C(/C=C)C(C)(CC)/C(C=C)=C/C=C(\C=C)C(C)CC. The number of hydrogen-bond donors (Lipinski definition) is 0. The van der Waals surface area contributed by atoms with Gasteiger partial charge in [-0.15, -0.1) is 0 Å². The Kier molecular flexibility index (Phi) is 10.5. The first-order valence-electron chi connectivity index (χ1n) is 8.74. The first kappa shape index (κ1) is 21.9. The van der Waals surface area contributed by atoms with Crippen molar-refractivity contribution in [2.75, 3.05) is 0 Å². The van der Waals surface area contributed by atoms with E-state index < -0.39 is 0 Å². The maximum atomic E-state index is 4.04. The smallest absolute Gasteiger partial charge is 0.0171 e. The third-order valence-electron chi connectivity index (χ3n) is 4.82. The maximum Gasteiger partial charge on any atom is 0.0171 e. The molecule has 0 aliphatic heterocycles. The van der Waals surface area contributed by atoms with Gasteiger partial charge in [-0.05, 0) is 35.5 Å². The predicted octanol–water partition coefficient (Wildman–Crippen LogP) is 7.53. The van der Waals surface area contributed by atoms with Crippen LogP contribution in [-0.4, -0.2) is 0 Å². The number of hydrogen-bond acceptors (Lipinski definition) is 0. The zero-order chi connectivity index (χ0) is 18.6. The van der Waals surface area contributed by atoms with Crippen LogP contribution in [0.4, 0.5) is 0 Å². The van der Waals surface area contributed by atoms with Gasteiger partial charge in [-0.2, -0.15) is 0 Å². The molecule has 0 saturated heterocycles. The first-order valence-corrected chi connectivity index (χ1v) is 8.74. The van der Waals surface area contributed by atoms with Crippen LogP contribution >= 0.6 is 0 Å². The molecule has 0 nitrogen and oxygen atoms in total. The Morgan fingerprint density at radius 2 is 1.46 bits per heavy atom. The Morgan fingerprint density at radius 3 is 1.88 bits per heavy atom. The van der Waals surface area contributed by atoms with E-state index in [2.05, 4.69) is 72.2 Å². The van der Waals surface area contributed by atoms with E-state index in [4.69, 9.17) is 0 Å². The van der Waals surface area contributed by atoms with Crippen molar-refractivity contribution >= 4 is 0 Å². The van der Waals surface area contributed by atoms with Crippen LogP contribution in [0.15, 0.2) is 97.7 Å². The van der Waals surface area contributed by atoms with Crippen LogP contribution in [0.3, 0.4) is 0 Å². The van der Waals surface area contributed by atoms with Crippen molar-refractivity contribution in [2.45, 2.75) is 40.5 Å². The fraction of sp³-hybridized carbons (Fsp3) is 0.333. The van der Waals surface area contributed by atoms with Gasteiger partial charge in [0, 0.05) is 5.41 Å². The quantitative estimate of drug-likeness (QED) is 0.345. The summed E-state index contributed by atoms with van der Waals surface area (Å²) >= 11 is 0. The minimum Gasteiger partial charge on any atom is -0.0991 e. The lowest BCUT2D eigenvalue weighted by Crippen LogP contribution is -2.19. The standard InChI is InChI=1S/C24H34/c1-9-15-16-17-22(12-4)24(8,14-6)23(13-5)19-18-21(11-3)20(7)10-2/h9,11-13,15-20H,1,3-5,10,14H2,2,6-8H3/b16-15-,21-18+,22-17+,23-19+. The van der Waals surface area contributed by atoms with Crippen molar-refractivity contribution in [3.63, 3.8) is 0 Å². The number of rotatable bonds is 11. The molecule has 0 saturated carbocycles. The summed E-state index contributed by atoms with van der Waals surface area (Å²) in [6.45, 7) is 24.6. The van der Waals surface area contributed by atoms with Crippen molar-refractivity contribution in [1.82, 2.24) is 0 Å². The Labute approximate surface area is 150 Å². The predicted molar refractivity (Wildman–Crippen MR) is 112 cm³/mol. The second kappa shape index (κ2) is 11.5. The Morgan fingerprint density at radius 1 is 0.875 bits per heavy atom. The minimum atomic E-state index is -0.132. The van der Waals surface area contributed by atoms with Crippen molar-refractivity contribution < 1.29 is 0 Å². The molecule has 0 aromatic heterocycles. The molecule has 0 aliphatic carbocycles. The number of allylic oxidation sites excluding steroid dienone is 12. The third kappa shape index (κ3) is 5.85. The molecule has 0 bridgehead atoms. The van der Waals surface area contributed by atoms with E-state index in [0.29, 0.717) is 5.92 Å². The van der Waals surface area contributed by atoms with Gasteiger partial charge in [-0.25, -0.2) is 0 Å². The van der Waals surface area contributed by atoms with E-state index in [9.17, 15) is 0 Å². The van der Waals surface area contributed by atoms with Gasteiger partial charge in [0.1, 0.15) is 0 Å². The Balaban J connectivity index is 6.02. The maximum absolute atomic E-state index is 4.04. The molecule has 0 heteroatoms. The van der Waals surface area contributed by atoms with Gasteiger partial charge in [0.2, 0.25) is 0 Å². The summed E-state index contributed by atoms with van der Waals surface area (Å²) in [5.41, 5.74) is 3.48. The summed E-state index contributed by atoms with van der Waals surface area (Å²) in [7, 11) is 0. The molecular formula is C24H34. The van der Waals surface area contributed by atoms with Gasteiger partial charge < -0.3 is 0 Å². The second-order valence-electron chi connectivity index (χ2n) is 6.14. The molecule has 0 heterocycles. The van der Waals surface area contributed by atoms with E-state index in [1.165, 1.54) is 16.7 Å². The molecule has 0 aromatic carbocycles. The van der Waals surface area contributed by atoms with E-state index in [1.807, 2.05) is 30.4 Å². The van der Waals surface area contributed by atoms with Gasteiger partial charge in [-0.3, -0.25) is 0 Å². The average molecular weight is 323 g/mol. The monoisotopic (exact) mass is 322 g/mol. The van der Waals surface area contributed by atoms with E-state index >= 15 is 0 Å². The molecule has 0 radical (unpaired) electrons. The van der Waals surface area contributed by atoms with Crippen LogP contribution < -0.4 is 0 Å². The summed E-state index contributed by atoms with van der Waals surface area (Å²) in [4.78, 5) is 0. The molecule has 0 N–H and O–H groups in total. The second-order valence-corrected chi connectivity index (χ2v) is 6.14. The molecule has 0 amide bonds. The van der Waals surface area contributed by atoms with Crippen LogP contribution in [0.25, 0.3) is 0 Å². The summed E-state index contributed by atoms with van der Waals surface area (Å²) in [5.74, 6) is 0.502.